The zero-order valence-electron chi connectivity index (χ0n) is 12.7. The van der Waals surface area contributed by atoms with Crippen LogP contribution in [0.5, 0.6) is 0 Å². The highest BCUT2D eigenvalue weighted by molar-refractivity contribution is 5.54. The Morgan fingerprint density at radius 3 is 2.42 bits per heavy atom. The lowest BCUT2D eigenvalue weighted by Crippen LogP contribution is -2.30. The van der Waals surface area contributed by atoms with Crippen LogP contribution in [0.25, 0.3) is 0 Å². The largest absolute Gasteiger partial charge is 0.371 e. The first-order valence-corrected chi connectivity index (χ1v) is 7.34. The van der Waals surface area contributed by atoms with Gasteiger partial charge in [0, 0.05) is 30.9 Å². The van der Waals surface area contributed by atoms with Gasteiger partial charge in [-0.05, 0) is 32.0 Å². The minimum Gasteiger partial charge on any atom is -0.371 e. The second-order valence-corrected chi connectivity index (χ2v) is 4.99. The average Bonchev–Trinajstić information content (AvgIpc) is 2.43. The second kappa shape index (κ2) is 8.16. The van der Waals surface area contributed by atoms with Gasteiger partial charge in [0.15, 0.2) is 0 Å². The molecule has 0 aliphatic rings. The summed E-state index contributed by atoms with van der Waals surface area (Å²) in [5.74, 6) is 0.556. The van der Waals surface area contributed by atoms with Gasteiger partial charge in [0.2, 0.25) is 0 Å². The lowest BCUT2D eigenvalue weighted by molar-refractivity contribution is 0.484. The predicted octanol–water partition coefficient (Wildman–Crippen LogP) is 3.81. The molecule has 2 nitrogen and oxygen atoms in total. The Bertz CT molecular complexity index is 375. The molecule has 0 unspecified atom stereocenters. The lowest BCUT2D eigenvalue weighted by Gasteiger charge is -2.29. The summed E-state index contributed by atoms with van der Waals surface area (Å²) in [6.07, 6.45) is 2.34. The summed E-state index contributed by atoms with van der Waals surface area (Å²) < 4.78 is 14.0. The molecule has 3 heteroatoms. The maximum absolute atomic E-state index is 14.0. The van der Waals surface area contributed by atoms with Crippen molar-refractivity contribution < 1.29 is 4.39 Å². The summed E-state index contributed by atoms with van der Waals surface area (Å²) in [5, 5.41) is 3.06. The molecule has 0 amide bonds. The van der Waals surface area contributed by atoms with Gasteiger partial charge >= 0.3 is 0 Å². The number of benzene rings is 1. The van der Waals surface area contributed by atoms with Crippen LogP contribution < -0.4 is 10.2 Å². The molecule has 19 heavy (non-hydrogen) atoms. The van der Waals surface area contributed by atoms with Crippen molar-refractivity contribution in [3.05, 3.63) is 29.6 Å². The van der Waals surface area contributed by atoms with Gasteiger partial charge in [-0.2, -0.15) is 0 Å². The van der Waals surface area contributed by atoms with Crippen LogP contribution in [-0.4, -0.2) is 20.1 Å². The highest BCUT2D eigenvalue weighted by Gasteiger charge is 2.15. The maximum Gasteiger partial charge on any atom is 0.129 e. The fraction of sp³-hybridized carbons (Fsp3) is 0.625. The van der Waals surface area contributed by atoms with Crippen molar-refractivity contribution in [2.75, 3.05) is 25.0 Å². The summed E-state index contributed by atoms with van der Waals surface area (Å²) >= 11 is 0. The molecular weight excluding hydrogens is 239 g/mol. The van der Waals surface area contributed by atoms with E-state index in [0.29, 0.717) is 12.5 Å². The summed E-state index contributed by atoms with van der Waals surface area (Å²) in [6.45, 7) is 9.07. The Hall–Kier alpha value is -1.09. The van der Waals surface area contributed by atoms with E-state index in [0.717, 1.165) is 24.3 Å². The van der Waals surface area contributed by atoms with E-state index in [1.807, 2.05) is 13.1 Å². The highest BCUT2D eigenvalue weighted by atomic mass is 19.1. The standard InChI is InChI=1S/C16H27FN2/c1-5-13(6-2)12-19(7-3)16-10-8-9-15(17)14(16)11-18-4/h8-10,13,18H,5-7,11-12H2,1-4H3. The molecular formula is C16H27FN2. The maximum atomic E-state index is 14.0. The van der Waals surface area contributed by atoms with Gasteiger partial charge in [0.05, 0.1) is 0 Å². The molecule has 1 aromatic rings. The Morgan fingerprint density at radius 2 is 1.89 bits per heavy atom. The molecule has 0 bridgehead atoms. The van der Waals surface area contributed by atoms with Crippen molar-refractivity contribution in [3.63, 3.8) is 0 Å². The number of nitrogens with zero attached hydrogens (tertiary/aromatic N) is 1. The van der Waals surface area contributed by atoms with Crippen LogP contribution in [0.15, 0.2) is 18.2 Å². The topological polar surface area (TPSA) is 15.3 Å². The van der Waals surface area contributed by atoms with Gasteiger partial charge < -0.3 is 10.2 Å². The second-order valence-electron chi connectivity index (χ2n) is 4.99. The smallest absolute Gasteiger partial charge is 0.129 e. The zero-order valence-corrected chi connectivity index (χ0v) is 12.7. The van der Waals surface area contributed by atoms with Gasteiger partial charge in [-0.3, -0.25) is 0 Å². The number of hydrogen-bond donors (Lipinski definition) is 1. The molecule has 0 saturated heterocycles. The summed E-state index contributed by atoms with van der Waals surface area (Å²) in [7, 11) is 1.85. The van der Waals surface area contributed by atoms with Gasteiger partial charge in [0.1, 0.15) is 5.82 Å². The summed E-state index contributed by atoms with van der Waals surface area (Å²) in [6, 6.07) is 5.38. The number of hydrogen-bond acceptors (Lipinski definition) is 2. The van der Waals surface area contributed by atoms with Crippen molar-refractivity contribution in [2.24, 2.45) is 5.92 Å². The molecule has 108 valence electrons. The molecule has 1 N–H and O–H groups in total. The SMILES string of the molecule is CCC(CC)CN(CC)c1cccc(F)c1CNC. The molecule has 0 aliphatic carbocycles. The number of rotatable bonds is 8. The van der Waals surface area contributed by atoms with Gasteiger partial charge in [0.25, 0.3) is 0 Å². The molecule has 0 radical (unpaired) electrons. The van der Waals surface area contributed by atoms with Crippen molar-refractivity contribution >= 4 is 5.69 Å². The molecule has 0 aromatic heterocycles. The number of nitrogens with one attached hydrogen (secondary N) is 1. The van der Waals surface area contributed by atoms with Crippen LogP contribution in [0.1, 0.15) is 39.2 Å². The molecule has 1 rings (SSSR count). The van der Waals surface area contributed by atoms with Crippen molar-refractivity contribution in [1.82, 2.24) is 5.32 Å². The number of halogens is 1. The molecule has 1 aromatic carbocycles. The van der Waals surface area contributed by atoms with E-state index in [2.05, 4.69) is 31.0 Å². The van der Waals surface area contributed by atoms with Gasteiger partial charge in [-0.25, -0.2) is 4.39 Å². The molecule has 0 heterocycles. The molecule has 0 atom stereocenters. The van der Waals surface area contributed by atoms with E-state index in [1.165, 1.54) is 12.8 Å². The van der Waals surface area contributed by atoms with Gasteiger partial charge in [-0.15, -0.1) is 0 Å². The van der Waals surface area contributed by atoms with Crippen molar-refractivity contribution in [3.8, 4) is 0 Å². The average molecular weight is 266 g/mol. The molecule has 0 spiro atoms. The highest BCUT2D eigenvalue weighted by Crippen LogP contribution is 2.25. The minimum absolute atomic E-state index is 0.116. The Morgan fingerprint density at radius 1 is 1.21 bits per heavy atom. The van der Waals surface area contributed by atoms with Crippen LogP contribution in [0, 0.1) is 11.7 Å². The Balaban J connectivity index is 3.00. The quantitative estimate of drug-likeness (QED) is 0.769. The first kappa shape index (κ1) is 16.0. The third-order valence-corrected chi connectivity index (χ3v) is 3.80. The molecule has 0 aliphatic heterocycles. The van der Waals surface area contributed by atoms with E-state index in [-0.39, 0.29) is 5.82 Å². The Kier molecular flexibility index (Phi) is 6.85. The molecule has 0 fully saturated rings. The fourth-order valence-electron chi connectivity index (χ4n) is 2.45. The minimum atomic E-state index is -0.116. The van der Waals surface area contributed by atoms with Crippen molar-refractivity contribution in [1.29, 1.82) is 0 Å². The third-order valence-electron chi connectivity index (χ3n) is 3.80. The Labute approximate surface area is 117 Å². The number of anilines is 1. The monoisotopic (exact) mass is 266 g/mol. The lowest BCUT2D eigenvalue weighted by atomic mass is 10.0. The van der Waals surface area contributed by atoms with Crippen LogP contribution in [-0.2, 0) is 6.54 Å². The van der Waals surface area contributed by atoms with E-state index in [4.69, 9.17) is 0 Å². The third kappa shape index (κ3) is 4.20. The van der Waals surface area contributed by atoms with Crippen molar-refractivity contribution in [2.45, 2.75) is 40.2 Å². The van der Waals surface area contributed by atoms with E-state index < -0.39 is 0 Å². The summed E-state index contributed by atoms with van der Waals surface area (Å²) in [5.41, 5.74) is 1.81. The first-order valence-electron chi connectivity index (χ1n) is 7.34. The van der Waals surface area contributed by atoms with Crippen LogP contribution >= 0.6 is 0 Å². The zero-order chi connectivity index (χ0) is 14.3. The normalized spacial score (nSPS) is 11.1. The van der Waals surface area contributed by atoms with Crippen LogP contribution in [0.4, 0.5) is 10.1 Å². The molecule has 0 saturated carbocycles. The van der Waals surface area contributed by atoms with E-state index in [1.54, 1.807) is 12.1 Å². The van der Waals surface area contributed by atoms with Crippen LogP contribution in [0.2, 0.25) is 0 Å². The van der Waals surface area contributed by atoms with Crippen LogP contribution in [0.3, 0.4) is 0 Å². The predicted molar refractivity (Wildman–Crippen MR) is 81.1 cm³/mol. The first-order chi connectivity index (χ1) is 9.17. The van der Waals surface area contributed by atoms with Gasteiger partial charge in [-0.1, -0.05) is 32.8 Å². The fourth-order valence-corrected chi connectivity index (χ4v) is 2.45. The summed E-state index contributed by atoms with van der Waals surface area (Å²) in [4.78, 5) is 2.30. The van der Waals surface area contributed by atoms with E-state index >= 15 is 0 Å². The van der Waals surface area contributed by atoms with E-state index in [9.17, 15) is 4.39 Å².